The molecule has 0 saturated heterocycles. The Kier molecular flexibility index (Phi) is 9.66. The van der Waals surface area contributed by atoms with Crippen LogP contribution >= 0.6 is 0 Å². The van der Waals surface area contributed by atoms with Crippen LogP contribution in [0.2, 0.25) is 0 Å². The molecule has 1 aliphatic heterocycles. The van der Waals surface area contributed by atoms with Gasteiger partial charge in [-0.15, -0.1) is 0 Å². The number of benzene rings is 2. The molecule has 0 spiro atoms. The van der Waals surface area contributed by atoms with E-state index in [0.29, 0.717) is 29.1 Å². The highest BCUT2D eigenvalue weighted by Crippen LogP contribution is 2.40. The fourth-order valence-corrected chi connectivity index (χ4v) is 5.76. The number of ether oxygens (including phenoxy) is 4. The van der Waals surface area contributed by atoms with Crippen molar-refractivity contribution in [1.82, 2.24) is 4.90 Å². The number of rotatable bonds is 8. The van der Waals surface area contributed by atoms with Crippen molar-refractivity contribution in [2.24, 2.45) is 0 Å². The number of amides is 1. The number of hydrogen-bond donors (Lipinski definition) is 0. The molecule has 2 aromatic carbocycles. The second kappa shape index (κ2) is 12.5. The Morgan fingerprint density at radius 3 is 2.28 bits per heavy atom. The van der Waals surface area contributed by atoms with Crippen LogP contribution in [0.3, 0.4) is 0 Å². The van der Waals surface area contributed by atoms with Crippen molar-refractivity contribution < 1.29 is 37.0 Å². The largest absolute Gasteiger partial charge is 0.493 e. The van der Waals surface area contributed by atoms with E-state index < -0.39 is 33.5 Å². The first-order valence-electron chi connectivity index (χ1n) is 12.8. The zero-order chi connectivity index (χ0) is 28.8. The molecule has 39 heavy (non-hydrogen) atoms. The quantitative estimate of drug-likeness (QED) is 0.415. The van der Waals surface area contributed by atoms with E-state index in [9.17, 15) is 18.0 Å². The maximum Gasteiger partial charge on any atom is 0.410 e. The average Bonchev–Trinajstić information content (AvgIpc) is 3.02. The highest BCUT2D eigenvalue weighted by molar-refractivity contribution is 7.94. The Morgan fingerprint density at radius 1 is 1.05 bits per heavy atom. The summed E-state index contributed by atoms with van der Waals surface area (Å²) >= 11 is 0. The topological polar surface area (TPSA) is 108 Å². The summed E-state index contributed by atoms with van der Waals surface area (Å²) < 4.78 is 49.1. The molecule has 1 aliphatic rings. The minimum absolute atomic E-state index is 0.0247. The van der Waals surface area contributed by atoms with Gasteiger partial charge in [0.2, 0.25) is 0 Å². The SMILES string of the molecule is CCOC(=O)CCC1/C(=C\S(=O)(=O)c2ccccc2)c2cc(OC)c(OC)cc2CCN1C(=O)OC(C)(C)C. The average molecular weight is 560 g/mol. The van der Waals surface area contributed by atoms with Gasteiger partial charge < -0.3 is 23.8 Å². The Labute approximate surface area is 230 Å². The minimum Gasteiger partial charge on any atom is -0.493 e. The van der Waals surface area contributed by atoms with Crippen molar-refractivity contribution in [1.29, 1.82) is 0 Å². The Balaban J connectivity index is 2.27. The summed E-state index contributed by atoms with van der Waals surface area (Å²) in [6.45, 7) is 7.44. The van der Waals surface area contributed by atoms with E-state index >= 15 is 0 Å². The van der Waals surface area contributed by atoms with Crippen LogP contribution in [-0.2, 0) is 30.5 Å². The molecule has 9 nitrogen and oxygen atoms in total. The van der Waals surface area contributed by atoms with Crippen LogP contribution < -0.4 is 9.47 Å². The van der Waals surface area contributed by atoms with Crippen LogP contribution in [0.25, 0.3) is 5.57 Å². The van der Waals surface area contributed by atoms with Crippen LogP contribution in [0.4, 0.5) is 4.79 Å². The van der Waals surface area contributed by atoms with Gasteiger partial charge in [-0.3, -0.25) is 4.79 Å². The van der Waals surface area contributed by atoms with E-state index in [1.54, 1.807) is 58.0 Å². The van der Waals surface area contributed by atoms with E-state index in [1.165, 1.54) is 36.7 Å². The van der Waals surface area contributed by atoms with Crippen LogP contribution in [0.1, 0.15) is 51.7 Å². The maximum atomic E-state index is 13.6. The summed E-state index contributed by atoms with van der Waals surface area (Å²) in [5, 5.41) is 1.19. The number of nitrogens with zero attached hydrogens (tertiary/aromatic N) is 1. The lowest BCUT2D eigenvalue weighted by Crippen LogP contribution is -2.44. The number of fused-ring (bicyclic) bond motifs is 1. The molecule has 0 saturated carbocycles. The van der Waals surface area contributed by atoms with Gasteiger partial charge in [-0.25, -0.2) is 13.2 Å². The van der Waals surface area contributed by atoms with Gasteiger partial charge in [-0.05, 0) is 81.5 Å². The molecule has 212 valence electrons. The Morgan fingerprint density at radius 2 is 1.69 bits per heavy atom. The second-order valence-corrected chi connectivity index (χ2v) is 11.9. The third-order valence-electron chi connectivity index (χ3n) is 6.19. The predicted octanol–water partition coefficient (Wildman–Crippen LogP) is 5.02. The predicted molar refractivity (Wildman–Crippen MR) is 147 cm³/mol. The molecule has 3 rings (SSSR count). The smallest absolute Gasteiger partial charge is 0.410 e. The van der Waals surface area contributed by atoms with Gasteiger partial charge in [-0.2, -0.15) is 0 Å². The Bertz CT molecular complexity index is 1310. The molecule has 1 atom stereocenters. The number of methoxy groups -OCH3 is 2. The fourth-order valence-electron chi connectivity index (χ4n) is 4.47. The van der Waals surface area contributed by atoms with Crippen molar-refractivity contribution in [2.45, 2.75) is 63.5 Å². The first-order chi connectivity index (χ1) is 18.4. The van der Waals surface area contributed by atoms with Gasteiger partial charge in [0.05, 0.1) is 31.8 Å². The second-order valence-electron chi connectivity index (χ2n) is 10.1. The highest BCUT2D eigenvalue weighted by Gasteiger charge is 2.36. The lowest BCUT2D eigenvalue weighted by molar-refractivity contribution is -0.143. The van der Waals surface area contributed by atoms with Crippen LogP contribution in [-0.4, -0.2) is 64.4 Å². The molecule has 0 radical (unpaired) electrons. The zero-order valence-electron chi connectivity index (χ0n) is 23.4. The van der Waals surface area contributed by atoms with E-state index in [0.717, 1.165) is 5.56 Å². The first kappa shape index (κ1) is 30.0. The van der Waals surface area contributed by atoms with Gasteiger partial charge in [0.25, 0.3) is 0 Å². The van der Waals surface area contributed by atoms with Gasteiger partial charge in [0.15, 0.2) is 21.3 Å². The molecule has 0 aliphatic carbocycles. The summed E-state index contributed by atoms with van der Waals surface area (Å²) in [5.74, 6) is 0.452. The monoisotopic (exact) mass is 559 g/mol. The normalized spacial score (nSPS) is 16.7. The third kappa shape index (κ3) is 7.53. The number of esters is 1. The lowest BCUT2D eigenvalue weighted by Gasteiger charge is -2.33. The summed E-state index contributed by atoms with van der Waals surface area (Å²) in [6.07, 6.45) is -0.107. The number of carbonyl (C=O) groups is 2. The first-order valence-corrected chi connectivity index (χ1v) is 14.4. The van der Waals surface area contributed by atoms with Crippen molar-refractivity contribution in [2.75, 3.05) is 27.4 Å². The van der Waals surface area contributed by atoms with Crippen LogP contribution in [0.15, 0.2) is 52.8 Å². The van der Waals surface area contributed by atoms with Crippen molar-refractivity contribution in [3.05, 3.63) is 59.0 Å². The molecule has 1 amide bonds. The minimum atomic E-state index is -3.95. The highest BCUT2D eigenvalue weighted by atomic mass is 32.2. The van der Waals surface area contributed by atoms with Gasteiger partial charge in [0, 0.05) is 18.4 Å². The summed E-state index contributed by atoms with van der Waals surface area (Å²) in [5.41, 5.74) is 0.929. The third-order valence-corrected chi connectivity index (χ3v) is 7.68. The number of hydrogen-bond acceptors (Lipinski definition) is 8. The van der Waals surface area contributed by atoms with Gasteiger partial charge >= 0.3 is 12.1 Å². The molecule has 2 aromatic rings. The number of carbonyl (C=O) groups excluding carboxylic acids is 2. The zero-order valence-corrected chi connectivity index (χ0v) is 24.2. The van der Waals surface area contributed by atoms with Crippen molar-refractivity contribution in [3.8, 4) is 11.5 Å². The lowest BCUT2D eigenvalue weighted by atomic mass is 9.92. The van der Waals surface area contributed by atoms with Crippen LogP contribution in [0, 0.1) is 0 Å². The summed E-state index contributed by atoms with van der Waals surface area (Å²) in [6, 6.07) is 10.8. The molecule has 0 N–H and O–H groups in total. The van der Waals surface area contributed by atoms with Crippen molar-refractivity contribution >= 4 is 27.5 Å². The van der Waals surface area contributed by atoms with E-state index in [4.69, 9.17) is 18.9 Å². The molecular formula is C29H37NO8S. The van der Waals surface area contributed by atoms with Crippen LogP contribution in [0.5, 0.6) is 11.5 Å². The molecule has 1 heterocycles. The van der Waals surface area contributed by atoms with Gasteiger partial charge in [0.1, 0.15) is 5.60 Å². The maximum absolute atomic E-state index is 13.6. The molecule has 0 aromatic heterocycles. The molecule has 0 bridgehead atoms. The number of sulfone groups is 1. The van der Waals surface area contributed by atoms with E-state index in [2.05, 4.69) is 0 Å². The Hall–Kier alpha value is -3.53. The molecule has 0 fully saturated rings. The molecule has 10 heteroatoms. The summed E-state index contributed by atoms with van der Waals surface area (Å²) in [7, 11) is -0.932. The standard InChI is InChI=1S/C29H37NO8S/c1-7-37-27(31)14-13-24-23(19-39(33,34)21-11-9-8-10-12-21)22-18-26(36-6)25(35-5)17-20(22)15-16-30(24)28(32)38-29(2,3)4/h8-12,17-19,24H,7,13-16H2,1-6H3/b23-19-. The molecule has 1 unspecified atom stereocenters. The van der Waals surface area contributed by atoms with Gasteiger partial charge in [-0.1, -0.05) is 18.2 Å². The summed E-state index contributed by atoms with van der Waals surface area (Å²) in [4.78, 5) is 27.5. The van der Waals surface area contributed by atoms with E-state index in [-0.39, 0.29) is 30.9 Å². The fraction of sp³-hybridized carbons (Fsp3) is 0.448. The van der Waals surface area contributed by atoms with E-state index in [1.807, 2.05) is 0 Å². The molecular weight excluding hydrogens is 522 g/mol. The van der Waals surface area contributed by atoms with Crippen molar-refractivity contribution in [3.63, 3.8) is 0 Å².